The van der Waals surface area contributed by atoms with Gasteiger partial charge in [-0.15, -0.1) is 0 Å². The minimum Gasteiger partial charge on any atom is -0.355 e. The first-order valence-electron chi connectivity index (χ1n) is 7.18. The summed E-state index contributed by atoms with van der Waals surface area (Å²) in [5, 5.41) is 5.84. The third-order valence-corrected chi connectivity index (χ3v) is 3.88. The number of nitrogens with two attached hydrogens (primary N) is 1. The molecule has 2 aliphatic heterocycles. The van der Waals surface area contributed by atoms with Crippen LogP contribution in [0.3, 0.4) is 0 Å². The van der Waals surface area contributed by atoms with Gasteiger partial charge in [-0.1, -0.05) is 0 Å². The van der Waals surface area contributed by atoms with Gasteiger partial charge in [-0.3, -0.25) is 9.59 Å². The van der Waals surface area contributed by atoms with Gasteiger partial charge in [0.05, 0.1) is 5.92 Å². The van der Waals surface area contributed by atoms with Crippen LogP contribution < -0.4 is 16.4 Å². The summed E-state index contributed by atoms with van der Waals surface area (Å²) in [6, 6.07) is 0.262. The van der Waals surface area contributed by atoms with Crippen LogP contribution in [0.1, 0.15) is 25.7 Å². The van der Waals surface area contributed by atoms with E-state index in [2.05, 4.69) is 15.5 Å². The zero-order valence-electron chi connectivity index (χ0n) is 11.4. The average Bonchev–Trinajstić information content (AvgIpc) is 2.81. The smallest absolute Gasteiger partial charge is 0.224 e. The van der Waals surface area contributed by atoms with E-state index >= 15 is 0 Å². The maximum Gasteiger partial charge on any atom is 0.224 e. The van der Waals surface area contributed by atoms with Crippen LogP contribution >= 0.6 is 0 Å². The highest BCUT2D eigenvalue weighted by Gasteiger charge is 2.29. The standard InChI is InChI=1S/C13H24N4O2/c14-5-6-15-13(19)10-2-1-7-17(8-10)9-11-3-4-12(18)16-11/h10-11H,1-9,14H2,(H,15,19)(H,16,18). The highest BCUT2D eigenvalue weighted by Crippen LogP contribution is 2.18. The normalized spacial score (nSPS) is 28.2. The SMILES string of the molecule is NCCNC(=O)C1CCCN(CC2CCC(=O)N2)C1. The number of nitrogens with one attached hydrogen (secondary N) is 2. The molecule has 0 saturated carbocycles. The first kappa shape index (κ1) is 14.3. The van der Waals surface area contributed by atoms with Crippen LogP contribution in [0.5, 0.6) is 0 Å². The van der Waals surface area contributed by atoms with Gasteiger partial charge in [0, 0.05) is 38.6 Å². The number of likely N-dealkylation sites (tertiary alicyclic amines) is 1. The van der Waals surface area contributed by atoms with Crippen molar-refractivity contribution in [1.29, 1.82) is 0 Å². The molecule has 0 radical (unpaired) electrons. The molecule has 0 spiro atoms. The lowest BCUT2D eigenvalue weighted by molar-refractivity contribution is -0.126. The number of piperidine rings is 1. The highest BCUT2D eigenvalue weighted by atomic mass is 16.2. The second-order valence-electron chi connectivity index (χ2n) is 5.48. The van der Waals surface area contributed by atoms with Crippen molar-refractivity contribution < 1.29 is 9.59 Å². The number of carbonyl (C=O) groups excluding carboxylic acids is 2. The molecule has 2 rings (SSSR count). The number of carbonyl (C=O) groups is 2. The Kier molecular flexibility index (Phi) is 5.15. The summed E-state index contributed by atoms with van der Waals surface area (Å²) < 4.78 is 0. The Morgan fingerprint density at radius 1 is 1.47 bits per heavy atom. The zero-order chi connectivity index (χ0) is 13.7. The number of nitrogens with zero attached hydrogens (tertiary/aromatic N) is 1. The van der Waals surface area contributed by atoms with E-state index in [1.165, 1.54) is 0 Å². The summed E-state index contributed by atoms with van der Waals surface area (Å²) in [6.07, 6.45) is 3.55. The van der Waals surface area contributed by atoms with Crippen LogP contribution in [0, 0.1) is 5.92 Å². The maximum atomic E-state index is 11.9. The van der Waals surface area contributed by atoms with Crippen LogP contribution in [-0.2, 0) is 9.59 Å². The second kappa shape index (κ2) is 6.86. The van der Waals surface area contributed by atoms with Crippen LogP contribution in [0.15, 0.2) is 0 Å². The summed E-state index contributed by atoms with van der Waals surface area (Å²) in [5.41, 5.74) is 5.39. The quantitative estimate of drug-likeness (QED) is 0.600. The fourth-order valence-corrected chi connectivity index (χ4v) is 2.90. The Morgan fingerprint density at radius 2 is 2.32 bits per heavy atom. The van der Waals surface area contributed by atoms with Gasteiger partial charge in [-0.05, 0) is 25.8 Å². The summed E-state index contributed by atoms with van der Waals surface area (Å²) in [6.45, 7) is 3.71. The van der Waals surface area contributed by atoms with Crippen molar-refractivity contribution in [3.05, 3.63) is 0 Å². The number of hydrogen-bond acceptors (Lipinski definition) is 4. The molecule has 0 aliphatic carbocycles. The van der Waals surface area contributed by atoms with Crippen molar-refractivity contribution >= 4 is 11.8 Å². The number of amides is 2. The summed E-state index contributed by atoms with van der Waals surface area (Å²) in [7, 11) is 0. The largest absolute Gasteiger partial charge is 0.355 e. The lowest BCUT2D eigenvalue weighted by Gasteiger charge is -2.33. The molecule has 19 heavy (non-hydrogen) atoms. The molecule has 2 aliphatic rings. The van der Waals surface area contributed by atoms with Gasteiger partial charge < -0.3 is 21.3 Å². The molecule has 0 bridgehead atoms. The topological polar surface area (TPSA) is 87.5 Å². The van der Waals surface area contributed by atoms with E-state index in [-0.39, 0.29) is 23.8 Å². The van der Waals surface area contributed by atoms with Crippen molar-refractivity contribution in [2.45, 2.75) is 31.7 Å². The fourth-order valence-electron chi connectivity index (χ4n) is 2.90. The molecule has 2 atom stereocenters. The monoisotopic (exact) mass is 268 g/mol. The predicted octanol–water partition coefficient (Wildman–Crippen LogP) is -0.948. The van der Waals surface area contributed by atoms with Crippen molar-refractivity contribution in [2.24, 2.45) is 11.7 Å². The van der Waals surface area contributed by atoms with E-state index < -0.39 is 0 Å². The second-order valence-corrected chi connectivity index (χ2v) is 5.48. The molecule has 2 heterocycles. The van der Waals surface area contributed by atoms with Gasteiger partial charge in [-0.2, -0.15) is 0 Å². The van der Waals surface area contributed by atoms with E-state index in [1.807, 2.05) is 0 Å². The summed E-state index contributed by atoms with van der Waals surface area (Å²) in [4.78, 5) is 25.4. The molecular formula is C13H24N4O2. The van der Waals surface area contributed by atoms with Crippen molar-refractivity contribution in [3.63, 3.8) is 0 Å². The average molecular weight is 268 g/mol. The van der Waals surface area contributed by atoms with Crippen LogP contribution in [-0.4, -0.2) is 55.5 Å². The Morgan fingerprint density at radius 3 is 3.00 bits per heavy atom. The van der Waals surface area contributed by atoms with Crippen molar-refractivity contribution in [3.8, 4) is 0 Å². The summed E-state index contributed by atoms with van der Waals surface area (Å²) in [5.74, 6) is 0.335. The Hall–Kier alpha value is -1.14. The summed E-state index contributed by atoms with van der Waals surface area (Å²) >= 11 is 0. The minimum absolute atomic E-state index is 0.0670. The Balaban J connectivity index is 1.76. The van der Waals surface area contributed by atoms with Gasteiger partial charge in [-0.25, -0.2) is 0 Å². The van der Waals surface area contributed by atoms with Gasteiger partial charge in [0.15, 0.2) is 0 Å². The molecule has 2 amide bonds. The third kappa shape index (κ3) is 4.18. The molecule has 0 aromatic carbocycles. The lowest BCUT2D eigenvalue weighted by atomic mass is 9.96. The van der Waals surface area contributed by atoms with Crippen LogP contribution in [0.4, 0.5) is 0 Å². The van der Waals surface area contributed by atoms with Crippen molar-refractivity contribution in [2.75, 3.05) is 32.7 Å². The van der Waals surface area contributed by atoms with Crippen molar-refractivity contribution in [1.82, 2.24) is 15.5 Å². The minimum atomic E-state index is 0.0670. The van der Waals surface area contributed by atoms with E-state index in [9.17, 15) is 9.59 Å². The van der Waals surface area contributed by atoms with E-state index in [0.717, 1.165) is 38.9 Å². The van der Waals surface area contributed by atoms with Gasteiger partial charge in [0.1, 0.15) is 0 Å². The molecule has 108 valence electrons. The van der Waals surface area contributed by atoms with Gasteiger partial charge in [0.2, 0.25) is 11.8 Å². The molecule has 4 N–H and O–H groups in total. The van der Waals surface area contributed by atoms with Crippen LogP contribution in [0.2, 0.25) is 0 Å². The van der Waals surface area contributed by atoms with Gasteiger partial charge >= 0.3 is 0 Å². The molecule has 6 heteroatoms. The molecule has 6 nitrogen and oxygen atoms in total. The third-order valence-electron chi connectivity index (χ3n) is 3.88. The Bertz CT molecular complexity index is 335. The molecule has 2 unspecified atom stereocenters. The molecule has 2 fully saturated rings. The first-order chi connectivity index (χ1) is 9.19. The van der Waals surface area contributed by atoms with E-state index in [0.29, 0.717) is 19.5 Å². The first-order valence-corrected chi connectivity index (χ1v) is 7.18. The van der Waals surface area contributed by atoms with E-state index in [4.69, 9.17) is 5.73 Å². The van der Waals surface area contributed by atoms with E-state index in [1.54, 1.807) is 0 Å². The molecule has 2 saturated heterocycles. The number of rotatable bonds is 5. The molecule has 0 aromatic heterocycles. The predicted molar refractivity (Wildman–Crippen MR) is 72.4 cm³/mol. The molecular weight excluding hydrogens is 244 g/mol. The molecule has 0 aromatic rings. The van der Waals surface area contributed by atoms with Crippen LogP contribution in [0.25, 0.3) is 0 Å². The fraction of sp³-hybridized carbons (Fsp3) is 0.846. The lowest BCUT2D eigenvalue weighted by Crippen LogP contribution is -2.47. The van der Waals surface area contributed by atoms with Gasteiger partial charge in [0.25, 0.3) is 0 Å². The highest BCUT2D eigenvalue weighted by molar-refractivity contribution is 5.79. The Labute approximate surface area is 114 Å². The maximum absolute atomic E-state index is 11.9. The number of hydrogen-bond donors (Lipinski definition) is 3. The zero-order valence-corrected chi connectivity index (χ0v) is 11.4.